The number of fused-ring (bicyclic) bond motifs is 4. The molecule has 0 unspecified atom stereocenters. The summed E-state index contributed by atoms with van der Waals surface area (Å²) in [4.78, 5) is 24.0. The molecular formula is C23H26FN7O3. The van der Waals surface area contributed by atoms with Crippen molar-refractivity contribution in [1.82, 2.24) is 19.9 Å². The van der Waals surface area contributed by atoms with Gasteiger partial charge in [0.1, 0.15) is 17.7 Å². The Kier molecular flexibility index (Phi) is 5.22. The predicted molar refractivity (Wildman–Crippen MR) is 125 cm³/mol. The van der Waals surface area contributed by atoms with E-state index in [0.29, 0.717) is 67.0 Å². The molecule has 3 N–H and O–H groups in total. The molecule has 178 valence electrons. The third-order valence-electron chi connectivity index (χ3n) is 6.70. The lowest BCUT2D eigenvalue weighted by atomic mass is 9.89. The van der Waals surface area contributed by atoms with Crippen LogP contribution < -0.4 is 20.9 Å². The van der Waals surface area contributed by atoms with Crippen LogP contribution in [0.1, 0.15) is 18.4 Å². The highest BCUT2D eigenvalue weighted by molar-refractivity contribution is 5.94. The number of carbonyl (C=O) groups is 1. The molecule has 1 amide bonds. The molecule has 2 aliphatic heterocycles. The standard InChI is InChI=1S/C23H26FN7O3/c1-25-16-10-19-27-15-8-13(9-17(20(15)24)30-4-6-33-7-5-30)11-34-18-3-2-14(18)28-23(32)31-12-26-21(16)22(31)29-19/h8-10,12,14,18H,2-7,11H2,1H3,(H,28,32)(H2,25,27,29)/t14-,18-/m1/s1. The Bertz CT molecular complexity index is 1260. The normalized spacial score (nSPS) is 22.4. The third-order valence-corrected chi connectivity index (χ3v) is 6.70. The van der Waals surface area contributed by atoms with E-state index in [1.54, 1.807) is 19.2 Å². The highest BCUT2D eigenvalue weighted by Gasteiger charge is 2.34. The molecule has 34 heavy (non-hydrogen) atoms. The van der Waals surface area contributed by atoms with Crippen LogP contribution in [-0.2, 0) is 16.1 Å². The van der Waals surface area contributed by atoms with Crippen molar-refractivity contribution < 1.29 is 18.7 Å². The van der Waals surface area contributed by atoms with Crippen LogP contribution in [0.2, 0.25) is 0 Å². The Morgan fingerprint density at radius 1 is 1.21 bits per heavy atom. The molecule has 11 heteroatoms. The fourth-order valence-corrected chi connectivity index (χ4v) is 4.67. The predicted octanol–water partition coefficient (Wildman–Crippen LogP) is 2.81. The topological polar surface area (TPSA) is 106 Å². The van der Waals surface area contributed by atoms with Crippen molar-refractivity contribution in [3.63, 3.8) is 0 Å². The van der Waals surface area contributed by atoms with Gasteiger partial charge < -0.3 is 30.3 Å². The number of aromatic nitrogens is 3. The molecule has 1 aromatic carbocycles. The summed E-state index contributed by atoms with van der Waals surface area (Å²) in [6.07, 6.45) is 3.03. The van der Waals surface area contributed by atoms with Gasteiger partial charge in [-0.15, -0.1) is 0 Å². The minimum atomic E-state index is -0.363. The van der Waals surface area contributed by atoms with Crippen LogP contribution in [0.4, 0.5) is 32.1 Å². The van der Waals surface area contributed by atoms with E-state index in [-0.39, 0.29) is 24.0 Å². The second kappa shape index (κ2) is 8.41. The first-order valence-corrected chi connectivity index (χ1v) is 11.5. The van der Waals surface area contributed by atoms with E-state index in [0.717, 1.165) is 18.4 Å². The molecule has 6 rings (SSSR count). The second-order valence-electron chi connectivity index (χ2n) is 8.78. The molecule has 4 heterocycles. The molecule has 10 nitrogen and oxygen atoms in total. The van der Waals surface area contributed by atoms with E-state index in [1.165, 1.54) is 10.9 Å². The third kappa shape index (κ3) is 3.61. The number of amides is 1. The molecule has 1 saturated heterocycles. The summed E-state index contributed by atoms with van der Waals surface area (Å²) in [6, 6.07) is 4.94. The Labute approximate surface area is 195 Å². The molecule has 2 aromatic heterocycles. The number of carbonyl (C=O) groups excluding carboxylic acids is 1. The summed E-state index contributed by atoms with van der Waals surface area (Å²) < 4.78 is 28.7. The maximum absolute atomic E-state index is 15.7. The Morgan fingerprint density at radius 2 is 2.06 bits per heavy atom. The van der Waals surface area contributed by atoms with Crippen molar-refractivity contribution >= 4 is 40.1 Å². The van der Waals surface area contributed by atoms with Crippen LogP contribution in [0.25, 0.3) is 11.2 Å². The SMILES string of the molecule is CNc1cc2nc3c1ncn3C(=O)N[C@@H]1CC[C@H]1OCc1cc(c(F)c(N3CCOCC3)c1)N2. The van der Waals surface area contributed by atoms with Crippen LogP contribution >= 0.6 is 0 Å². The number of morpholine rings is 1. The summed E-state index contributed by atoms with van der Waals surface area (Å²) in [7, 11) is 1.77. The van der Waals surface area contributed by atoms with Crippen LogP contribution in [0.15, 0.2) is 24.5 Å². The average molecular weight is 468 g/mol. The number of hydrogen-bond acceptors (Lipinski definition) is 8. The molecule has 0 radical (unpaired) electrons. The lowest BCUT2D eigenvalue weighted by molar-refractivity contribution is -0.0323. The van der Waals surface area contributed by atoms with Gasteiger partial charge in [-0.3, -0.25) is 0 Å². The maximum Gasteiger partial charge on any atom is 0.328 e. The van der Waals surface area contributed by atoms with Crippen molar-refractivity contribution in [2.45, 2.75) is 31.6 Å². The number of hydrogen-bond donors (Lipinski definition) is 3. The van der Waals surface area contributed by atoms with Gasteiger partial charge in [-0.2, -0.15) is 0 Å². The van der Waals surface area contributed by atoms with Gasteiger partial charge in [0.05, 0.1) is 49.0 Å². The van der Waals surface area contributed by atoms with Crippen LogP contribution in [-0.4, -0.2) is 66.1 Å². The monoisotopic (exact) mass is 467 g/mol. The maximum atomic E-state index is 15.7. The van der Waals surface area contributed by atoms with E-state index in [2.05, 4.69) is 25.9 Å². The first-order valence-electron chi connectivity index (χ1n) is 11.5. The highest BCUT2D eigenvalue weighted by Crippen LogP contribution is 2.34. The summed E-state index contributed by atoms with van der Waals surface area (Å²) >= 11 is 0. The second-order valence-corrected chi connectivity index (χ2v) is 8.78. The molecule has 3 aliphatic rings. The van der Waals surface area contributed by atoms with Crippen molar-refractivity contribution in [3.8, 4) is 0 Å². The van der Waals surface area contributed by atoms with E-state index in [4.69, 9.17) is 9.47 Å². The minimum absolute atomic E-state index is 0.100. The van der Waals surface area contributed by atoms with Crippen molar-refractivity contribution in [2.24, 2.45) is 0 Å². The van der Waals surface area contributed by atoms with E-state index in [9.17, 15) is 4.79 Å². The number of imidazole rings is 1. The Hall–Kier alpha value is -3.44. The number of halogens is 1. The lowest BCUT2D eigenvalue weighted by Crippen LogP contribution is -2.52. The van der Waals surface area contributed by atoms with E-state index >= 15 is 4.39 Å². The molecule has 2 fully saturated rings. The molecular weight excluding hydrogens is 441 g/mol. The van der Waals surface area contributed by atoms with Gasteiger partial charge in [0, 0.05) is 26.2 Å². The largest absolute Gasteiger partial charge is 0.386 e. The Morgan fingerprint density at radius 3 is 2.82 bits per heavy atom. The van der Waals surface area contributed by atoms with E-state index < -0.39 is 0 Å². The van der Waals surface area contributed by atoms with Crippen LogP contribution in [0, 0.1) is 5.82 Å². The van der Waals surface area contributed by atoms with Gasteiger partial charge in [-0.1, -0.05) is 0 Å². The molecule has 1 saturated carbocycles. The molecule has 4 bridgehead atoms. The molecule has 0 spiro atoms. The summed E-state index contributed by atoms with van der Waals surface area (Å²) in [5.41, 5.74) is 3.28. The fourth-order valence-electron chi connectivity index (χ4n) is 4.67. The Balaban J connectivity index is 1.49. The van der Waals surface area contributed by atoms with Gasteiger partial charge >= 0.3 is 6.03 Å². The number of rotatable bonds is 2. The number of benzene rings is 1. The first-order chi connectivity index (χ1) is 16.6. The van der Waals surface area contributed by atoms with Gasteiger partial charge in [0.25, 0.3) is 0 Å². The van der Waals surface area contributed by atoms with Gasteiger partial charge in [-0.25, -0.2) is 23.7 Å². The van der Waals surface area contributed by atoms with Crippen LogP contribution in [0.3, 0.4) is 0 Å². The summed E-state index contributed by atoms with van der Waals surface area (Å²) in [6.45, 7) is 2.66. The summed E-state index contributed by atoms with van der Waals surface area (Å²) in [5.74, 6) is 0.0355. The number of pyridine rings is 1. The molecule has 3 aromatic rings. The first kappa shape index (κ1) is 21.1. The van der Waals surface area contributed by atoms with Gasteiger partial charge in [0.2, 0.25) is 0 Å². The highest BCUT2D eigenvalue weighted by atomic mass is 19.1. The summed E-state index contributed by atoms with van der Waals surface area (Å²) in [5, 5.41) is 9.26. The number of ether oxygens (including phenoxy) is 2. The molecule has 1 aliphatic carbocycles. The van der Waals surface area contributed by atoms with E-state index in [1.807, 2.05) is 11.0 Å². The smallest absolute Gasteiger partial charge is 0.328 e. The quantitative estimate of drug-likeness (QED) is 0.529. The zero-order valence-electron chi connectivity index (χ0n) is 18.8. The number of nitrogens with one attached hydrogen (secondary N) is 3. The average Bonchev–Trinajstić information content (AvgIpc) is 3.27. The van der Waals surface area contributed by atoms with Crippen LogP contribution in [0.5, 0.6) is 0 Å². The van der Waals surface area contributed by atoms with Gasteiger partial charge in [-0.05, 0) is 30.5 Å². The number of anilines is 4. The van der Waals surface area contributed by atoms with Crippen molar-refractivity contribution in [3.05, 3.63) is 35.9 Å². The zero-order valence-corrected chi connectivity index (χ0v) is 18.8. The minimum Gasteiger partial charge on any atom is -0.386 e. The lowest BCUT2D eigenvalue weighted by Gasteiger charge is -2.37. The molecule has 2 atom stereocenters. The van der Waals surface area contributed by atoms with Gasteiger partial charge in [0.15, 0.2) is 11.5 Å². The van der Waals surface area contributed by atoms with Crippen molar-refractivity contribution in [1.29, 1.82) is 0 Å². The fraction of sp³-hybridized carbons (Fsp3) is 0.435. The van der Waals surface area contributed by atoms with Crippen molar-refractivity contribution in [2.75, 3.05) is 48.9 Å². The number of nitrogens with zero attached hydrogens (tertiary/aromatic N) is 4. The zero-order chi connectivity index (χ0) is 23.2.